The fourth-order valence-corrected chi connectivity index (χ4v) is 3.06. The van der Waals surface area contributed by atoms with Crippen molar-refractivity contribution in [2.45, 2.75) is 30.9 Å². The molecule has 3 nitrogen and oxygen atoms in total. The molecule has 0 N–H and O–H groups in total. The number of hydrogen-bond acceptors (Lipinski definition) is 3. The van der Waals surface area contributed by atoms with Gasteiger partial charge in [0.05, 0.1) is 12.0 Å². The van der Waals surface area contributed by atoms with Crippen molar-refractivity contribution >= 4 is 29.6 Å². The first kappa shape index (κ1) is 20.1. The second-order valence-corrected chi connectivity index (χ2v) is 7.22. The number of halogens is 2. The van der Waals surface area contributed by atoms with Gasteiger partial charge in [-0.05, 0) is 67.9 Å². The standard InChI is InChI=1S/C20H22F2N2OS/c1-5-24(4)13-23-18-12-14(2)17(11-15(18)3)19(25)20(21,22)26-16-9-7-6-8-10-16/h6-13H,5H2,1-4H3. The van der Waals surface area contributed by atoms with Gasteiger partial charge in [0, 0.05) is 24.1 Å². The van der Waals surface area contributed by atoms with E-state index in [1.54, 1.807) is 56.6 Å². The number of carbonyl (C=O) groups is 1. The molecule has 0 heterocycles. The largest absolute Gasteiger partial charge is 0.366 e. The number of benzene rings is 2. The zero-order valence-electron chi connectivity index (χ0n) is 15.3. The molecule has 0 fully saturated rings. The lowest BCUT2D eigenvalue weighted by Crippen LogP contribution is -2.25. The summed E-state index contributed by atoms with van der Waals surface area (Å²) in [5, 5.41) is -3.54. The second kappa shape index (κ2) is 8.45. The number of carbonyl (C=O) groups excluding carboxylic acids is 1. The van der Waals surface area contributed by atoms with E-state index in [-0.39, 0.29) is 17.3 Å². The van der Waals surface area contributed by atoms with Crippen molar-refractivity contribution in [1.29, 1.82) is 0 Å². The molecule has 0 aliphatic rings. The van der Waals surface area contributed by atoms with Gasteiger partial charge in [-0.25, -0.2) is 4.99 Å². The highest BCUT2D eigenvalue weighted by Gasteiger charge is 2.41. The fourth-order valence-electron chi connectivity index (χ4n) is 2.27. The number of rotatable bonds is 7. The molecule has 0 amide bonds. The summed E-state index contributed by atoms with van der Waals surface area (Å²) in [5.41, 5.74) is 1.86. The Morgan fingerprint density at radius 2 is 1.85 bits per heavy atom. The Bertz CT molecular complexity index is 807. The predicted octanol–water partition coefficient (Wildman–Crippen LogP) is 5.48. The molecule has 0 unspecified atom stereocenters. The number of aryl methyl sites for hydroxylation is 2. The molecule has 2 rings (SSSR count). The van der Waals surface area contributed by atoms with Crippen LogP contribution in [-0.4, -0.2) is 35.9 Å². The van der Waals surface area contributed by atoms with Crippen LogP contribution < -0.4 is 0 Å². The van der Waals surface area contributed by atoms with Gasteiger partial charge in [0.2, 0.25) is 5.78 Å². The highest BCUT2D eigenvalue weighted by atomic mass is 32.2. The highest BCUT2D eigenvalue weighted by molar-refractivity contribution is 8.01. The minimum Gasteiger partial charge on any atom is -0.366 e. The van der Waals surface area contributed by atoms with Crippen molar-refractivity contribution in [2.75, 3.05) is 13.6 Å². The minimum absolute atomic E-state index is 0.0266. The first-order valence-electron chi connectivity index (χ1n) is 8.27. The summed E-state index contributed by atoms with van der Waals surface area (Å²) >= 11 is 0.266. The summed E-state index contributed by atoms with van der Waals surface area (Å²) in [5.74, 6) is -1.19. The first-order valence-corrected chi connectivity index (χ1v) is 9.08. The van der Waals surface area contributed by atoms with E-state index in [0.29, 0.717) is 21.7 Å². The molecule has 0 aromatic heterocycles. The molecule has 0 atom stereocenters. The Labute approximate surface area is 157 Å². The molecule has 26 heavy (non-hydrogen) atoms. The second-order valence-electron chi connectivity index (χ2n) is 6.03. The minimum atomic E-state index is -3.54. The molecule has 6 heteroatoms. The van der Waals surface area contributed by atoms with E-state index in [4.69, 9.17) is 0 Å². The lowest BCUT2D eigenvalue weighted by molar-refractivity contribution is 0.0566. The van der Waals surface area contributed by atoms with Gasteiger partial charge in [0.1, 0.15) is 0 Å². The van der Waals surface area contributed by atoms with Crippen molar-refractivity contribution in [2.24, 2.45) is 4.99 Å². The number of ketones is 1. The van der Waals surface area contributed by atoms with E-state index in [9.17, 15) is 13.6 Å². The number of nitrogens with zero attached hydrogens (tertiary/aromatic N) is 2. The summed E-state index contributed by atoms with van der Waals surface area (Å²) in [6, 6.07) is 11.4. The zero-order valence-corrected chi connectivity index (χ0v) is 16.1. The lowest BCUT2D eigenvalue weighted by Gasteiger charge is -2.17. The summed E-state index contributed by atoms with van der Waals surface area (Å²) < 4.78 is 29.0. The monoisotopic (exact) mass is 376 g/mol. The molecule has 2 aromatic rings. The van der Waals surface area contributed by atoms with Crippen LogP contribution >= 0.6 is 11.8 Å². The molecule has 0 saturated heterocycles. The van der Waals surface area contributed by atoms with Crippen LogP contribution in [0.25, 0.3) is 0 Å². The zero-order chi connectivity index (χ0) is 19.3. The van der Waals surface area contributed by atoms with Crippen LogP contribution in [0.15, 0.2) is 52.4 Å². The topological polar surface area (TPSA) is 32.7 Å². The van der Waals surface area contributed by atoms with Gasteiger partial charge in [-0.1, -0.05) is 18.2 Å². The van der Waals surface area contributed by atoms with E-state index in [1.165, 1.54) is 6.07 Å². The predicted molar refractivity (Wildman–Crippen MR) is 104 cm³/mol. The van der Waals surface area contributed by atoms with Crippen LogP contribution in [0.2, 0.25) is 0 Å². The van der Waals surface area contributed by atoms with Gasteiger partial charge >= 0.3 is 5.25 Å². The van der Waals surface area contributed by atoms with Gasteiger partial charge in [0.25, 0.3) is 0 Å². The van der Waals surface area contributed by atoms with Crippen molar-refractivity contribution in [3.8, 4) is 0 Å². The van der Waals surface area contributed by atoms with Gasteiger partial charge in [-0.3, -0.25) is 4.79 Å². The summed E-state index contributed by atoms with van der Waals surface area (Å²) in [7, 11) is 1.89. The SMILES string of the molecule is CCN(C)C=Nc1cc(C)c(C(=O)C(F)(F)Sc2ccccc2)cc1C. The molecule has 0 aliphatic heterocycles. The Morgan fingerprint density at radius 3 is 2.46 bits per heavy atom. The molecule has 0 bridgehead atoms. The Morgan fingerprint density at radius 1 is 1.19 bits per heavy atom. The van der Waals surface area contributed by atoms with E-state index < -0.39 is 11.0 Å². The third-order valence-electron chi connectivity index (χ3n) is 3.93. The maximum absolute atomic E-state index is 14.5. The fraction of sp³-hybridized carbons (Fsp3) is 0.300. The molecule has 2 aromatic carbocycles. The van der Waals surface area contributed by atoms with E-state index in [1.807, 2.05) is 18.9 Å². The normalized spacial score (nSPS) is 11.8. The average molecular weight is 376 g/mol. The lowest BCUT2D eigenvalue weighted by atomic mass is 10.0. The van der Waals surface area contributed by atoms with Crippen molar-refractivity contribution in [3.05, 3.63) is 59.2 Å². The number of thioether (sulfide) groups is 1. The van der Waals surface area contributed by atoms with Crippen LogP contribution in [0.1, 0.15) is 28.4 Å². The Balaban J connectivity index is 2.28. The van der Waals surface area contributed by atoms with Crippen LogP contribution in [0.4, 0.5) is 14.5 Å². The average Bonchev–Trinajstić information content (AvgIpc) is 2.61. The summed E-state index contributed by atoms with van der Waals surface area (Å²) in [6.07, 6.45) is 1.68. The van der Waals surface area contributed by atoms with E-state index in [2.05, 4.69) is 4.99 Å². The number of alkyl halides is 2. The number of aliphatic imine (C=N–C) groups is 1. The maximum atomic E-state index is 14.5. The third kappa shape index (κ3) is 4.91. The van der Waals surface area contributed by atoms with Gasteiger partial charge in [-0.2, -0.15) is 8.78 Å². The van der Waals surface area contributed by atoms with Gasteiger partial charge < -0.3 is 4.90 Å². The quantitative estimate of drug-likeness (QED) is 0.277. The molecular weight excluding hydrogens is 354 g/mol. The van der Waals surface area contributed by atoms with E-state index in [0.717, 1.165) is 6.54 Å². The van der Waals surface area contributed by atoms with Crippen LogP contribution in [-0.2, 0) is 0 Å². The summed E-state index contributed by atoms with van der Waals surface area (Å²) in [4.78, 5) is 19.1. The molecule has 0 aliphatic carbocycles. The smallest absolute Gasteiger partial charge is 0.360 e. The Kier molecular flexibility index (Phi) is 6.53. The summed E-state index contributed by atoms with van der Waals surface area (Å²) in [6.45, 7) is 6.22. The van der Waals surface area contributed by atoms with Crippen molar-refractivity contribution in [3.63, 3.8) is 0 Å². The van der Waals surface area contributed by atoms with Crippen molar-refractivity contribution in [1.82, 2.24) is 4.90 Å². The maximum Gasteiger partial charge on any atom is 0.360 e. The molecule has 0 radical (unpaired) electrons. The van der Waals surface area contributed by atoms with Crippen LogP contribution in [0, 0.1) is 13.8 Å². The van der Waals surface area contributed by atoms with Gasteiger partial charge in [0.15, 0.2) is 0 Å². The molecule has 0 saturated carbocycles. The highest BCUT2D eigenvalue weighted by Crippen LogP contribution is 2.39. The first-order chi connectivity index (χ1) is 12.2. The van der Waals surface area contributed by atoms with Crippen LogP contribution in [0.5, 0.6) is 0 Å². The Hall–Kier alpha value is -2.21. The molecule has 138 valence electrons. The number of hydrogen-bond donors (Lipinski definition) is 0. The van der Waals surface area contributed by atoms with Gasteiger partial charge in [-0.15, -0.1) is 0 Å². The third-order valence-corrected chi connectivity index (χ3v) is 4.88. The van der Waals surface area contributed by atoms with Crippen LogP contribution in [0.3, 0.4) is 0 Å². The molecular formula is C20H22F2N2OS. The van der Waals surface area contributed by atoms with Crippen molar-refractivity contribution < 1.29 is 13.6 Å². The molecule has 0 spiro atoms. The van der Waals surface area contributed by atoms with E-state index >= 15 is 0 Å². The number of Topliss-reactive ketones (excluding diaryl/α,β-unsaturated/α-hetero) is 1.